The molecule has 1 N–H and O–H groups in total. The second-order valence-electron chi connectivity index (χ2n) is 4.11. The van der Waals surface area contributed by atoms with Gasteiger partial charge in [-0.25, -0.2) is 0 Å². The van der Waals surface area contributed by atoms with E-state index in [2.05, 4.69) is 20.8 Å². The molecule has 0 unspecified atom stereocenters. The number of rotatable bonds is 2. The van der Waals surface area contributed by atoms with Crippen LogP contribution in [0.5, 0.6) is 5.75 Å². The van der Waals surface area contributed by atoms with Crippen LogP contribution in [0.4, 0.5) is 0 Å². The normalized spacial score (nSPS) is 17.9. The van der Waals surface area contributed by atoms with Crippen molar-refractivity contribution in [3.05, 3.63) is 28.2 Å². The maximum absolute atomic E-state index is 9.77. The Hall–Kier alpha value is -0.540. The Balaban J connectivity index is 2.03. The van der Waals surface area contributed by atoms with Gasteiger partial charge >= 0.3 is 0 Å². The number of nitrogens with zero attached hydrogens (tertiary/aromatic N) is 1. The highest BCUT2D eigenvalue weighted by Gasteiger charge is 2.12. The van der Waals surface area contributed by atoms with Crippen LogP contribution in [-0.4, -0.2) is 23.1 Å². The molecule has 0 spiro atoms. The molecule has 82 valence electrons. The van der Waals surface area contributed by atoms with Crippen LogP contribution in [0.2, 0.25) is 0 Å². The third kappa shape index (κ3) is 2.95. The van der Waals surface area contributed by atoms with Crippen LogP contribution in [0.1, 0.15) is 24.8 Å². The quantitative estimate of drug-likeness (QED) is 0.892. The number of aromatic hydroxyl groups is 1. The average molecular weight is 270 g/mol. The number of benzene rings is 1. The van der Waals surface area contributed by atoms with Gasteiger partial charge in [-0.1, -0.05) is 28.4 Å². The maximum Gasteiger partial charge on any atom is 0.121 e. The topological polar surface area (TPSA) is 23.5 Å². The van der Waals surface area contributed by atoms with Gasteiger partial charge in [0.2, 0.25) is 0 Å². The predicted octanol–water partition coefficient (Wildman–Crippen LogP) is 3.14. The van der Waals surface area contributed by atoms with Gasteiger partial charge in [-0.2, -0.15) is 0 Å². The minimum atomic E-state index is 0.398. The first-order chi connectivity index (χ1) is 7.25. The summed E-state index contributed by atoms with van der Waals surface area (Å²) in [6.07, 6.45) is 3.93. The van der Waals surface area contributed by atoms with Crippen LogP contribution in [0.25, 0.3) is 0 Å². The predicted molar refractivity (Wildman–Crippen MR) is 64.9 cm³/mol. The van der Waals surface area contributed by atoms with Crippen molar-refractivity contribution in [1.82, 2.24) is 4.90 Å². The highest BCUT2D eigenvalue weighted by Crippen LogP contribution is 2.24. The Morgan fingerprint density at radius 1 is 1.20 bits per heavy atom. The zero-order chi connectivity index (χ0) is 10.7. The number of hydrogen-bond donors (Lipinski definition) is 1. The highest BCUT2D eigenvalue weighted by atomic mass is 79.9. The van der Waals surface area contributed by atoms with E-state index in [0.717, 1.165) is 29.7 Å². The summed E-state index contributed by atoms with van der Waals surface area (Å²) in [5.41, 5.74) is 1.03. The van der Waals surface area contributed by atoms with E-state index in [9.17, 15) is 5.11 Å². The van der Waals surface area contributed by atoms with Crippen LogP contribution in [0.3, 0.4) is 0 Å². The molecular weight excluding hydrogens is 254 g/mol. The van der Waals surface area contributed by atoms with Gasteiger partial charge < -0.3 is 5.11 Å². The van der Waals surface area contributed by atoms with Gasteiger partial charge in [0.25, 0.3) is 0 Å². The lowest BCUT2D eigenvalue weighted by Crippen LogP contribution is -2.29. The van der Waals surface area contributed by atoms with Crippen molar-refractivity contribution in [1.29, 1.82) is 0 Å². The van der Waals surface area contributed by atoms with E-state index in [-0.39, 0.29) is 0 Å². The summed E-state index contributed by atoms with van der Waals surface area (Å²) in [7, 11) is 0. The van der Waals surface area contributed by atoms with Gasteiger partial charge in [0.15, 0.2) is 0 Å². The average Bonchev–Trinajstić information content (AvgIpc) is 2.24. The van der Waals surface area contributed by atoms with Crippen LogP contribution in [-0.2, 0) is 6.54 Å². The molecule has 1 aromatic carbocycles. The van der Waals surface area contributed by atoms with Crippen molar-refractivity contribution in [2.24, 2.45) is 0 Å². The summed E-state index contributed by atoms with van der Waals surface area (Å²) in [4.78, 5) is 2.41. The van der Waals surface area contributed by atoms with E-state index in [0.29, 0.717) is 5.75 Å². The van der Waals surface area contributed by atoms with E-state index in [1.165, 1.54) is 19.3 Å². The molecule has 1 fully saturated rings. The van der Waals surface area contributed by atoms with E-state index in [1.54, 1.807) is 6.07 Å². The monoisotopic (exact) mass is 269 g/mol. The Kier molecular flexibility index (Phi) is 3.65. The van der Waals surface area contributed by atoms with Gasteiger partial charge in [0.05, 0.1) is 0 Å². The van der Waals surface area contributed by atoms with Crippen LogP contribution in [0, 0.1) is 0 Å². The van der Waals surface area contributed by atoms with E-state index in [4.69, 9.17) is 0 Å². The fourth-order valence-corrected chi connectivity index (χ4v) is 2.38. The second kappa shape index (κ2) is 4.99. The molecule has 2 nitrogen and oxygen atoms in total. The number of hydrogen-bond acceptors (Lipinski definition) is 2. The van der Waals surface area contributed by atoms with Crippen molar-refractivity contribution in [2.75, 3.05) is 13.1 Å². The standard InChI is InChI=1S/C12H16BrNO/c13-11-5-4-10(12(15)8-11)9-14-6-2-1-3-7-14/h4-5,8,15H,1-3,6-7,9H2. The van der Waals surface area contributed by atoms with Gasteiger partial charge in [0.1, 0.15) is 5.75 Å². The molecule has 1 aliphatic rings. The number of phenolic OH excluding ortho intramolecular Hbond substituents is 1. The fraction of sp³-hybridized carbons (Fsp3) is 0.500. The second-order valence-corrected chi connectivity index (χ2v) is 5.03. The minimum Gasteiger partial charge on any atom is -0.508 e. The molecule has 0 bridgehead atoms. The smallest absolute Gasteiger partial charge is 0.121 e. The number of likely N-dealkylation sites (tertiary alicyclic amines) is 1. The summed E-state index contributed by atoms with van der Waals surface area (Å²) in [5.74, 6) is 0.398. The van der Waals surface area contributed by atoms with Gasteiger partial charge in [-0.15, -0.1) is 0 Å². The first-order valence-electron chi connectivity index (χ1n) is 5.45. The highest BCUT2D eigenvalue weighted by molar-refractivity contribution is 9.10. The minimum absolute atomic E-state index is 0.398. The molecule has 1 aromatic rings. The SMILES string of the molecule is Oc1cc(Br)ccc1CN1CCCCC1. The largest absolute Gasteiger partial charge is 0.508 e. The molecule has 0 aromatic heterocycles. The summed E-state index contributed by atoms with van der Waals surface area (Å²) >= 11 is 3.35. The molecule has 15 heavy (non-hydrogen) atoms. The summed E-state index contributed by atoms with van der Waals surface area (Å²) in [5, 5.41) is 9.77. The molecule has 3 heteroatoms. The van der Waals surface area contributed by atoms with Crippen molar-refractivity contribution in [3.63, 3.8) is 0 Å². The van der Waals surface area contributed by atoms with Crippen LogP contribution >= 0.6 is 15.9 Å². The third-order valence-electron chi connectivity index (χ3n) is 2.89. The summed E-state index contributed by atoms with van der Waals surface area (Å²) in [6.45, 7) is 3.20. The molecule has 0 aliphatic carbocycles. The lowest BCUT2D eigenvalue weighted by molar-refractivity contribution is 0.218. The summed E-state index contributed by atoms with van der Waals surface area (Å²) in [6, 6.07) is 5.74. The van der Waals surface area contributed by atoms with Crippen molar-refractivity contribution in [2.45, 2.75) is 25.8 Å². The van der Waals surface area contributed by atoms with Crippen molar-refractivity contribution >= 4 is 15.9 Å². The zero-order valence-corrected chi connectivity index (χ0v) is 10.3. The third-order valence-corrected chi connectivity index (χ3v) is 3.38. The van der Waals surface area contributed by atoms with Crippen LogP contribution < -0.4 is 0 Å². The number of halogens is 1. The molecule has 1 saturated heterocycles. The first-order valence-corrected chi connectivity index (χ1v) is 6.25. The molecular formula is C12H16BrNO. The Morgan fingerprint density at radius 2 is 1.93 bits per heavy atom. The lowest BCUT2D eigenvalue weighted by Gasteiger charge is -2.26. The lowest BCUT2D eigenvalue weighted by atomic mass is 10.1. The molecule has 2 rings (SSSR count). The zero-order valence-electron chi connectivity index (χ0n) is 8.75. The fourth-order valence-electron chi connectivity index (χ4n) is 2.03. The molecule has 0 saturated carbocycles. The van der Waals surface area contributed by atoms with Crippen molar-refractivity contribution in [3.8, 4) is 5.75 Å². The van der Waals surface area contributed by atoms with E-state index < -0.39 is 0 Å². The molecule has 0 atom stereocenters. The van der Waals surface area contributed by atoms with E-state index >= 15 is 0 Å². The van der Waals surface area contributed by atoms with Crippen LogP contribution in [0.15, 0.2) is 22.7 Å². The van der Waals surface area contributed by atoms with E-state index in [1.807, 2.05) is 12.1 Å². The maximum atomic E-state index is 9.77. The number of piperidine rings is 1. The van der Waals surface area contributed by atoms with Crippen molar-refractivity contribution < 1.29 is 5.11 Å². The molecule has 1 heterocycles. The van der Waals surface area contributed by atoms with Gasteiger partial charge in [-0.05, 0) is 38.1 Å². The Labute approximate surface area is 99.0 Å². The first kappa shape index (κ1) is 11.0. The number of phenols is 1. The van der Waals surface area contributed by atoms with Gasteiger partial charge in [-0.3, -0.25) is 4.90 Å². The molecule has 0 radical (unpaired) electrons. The Bertz CT molecular complexity index is 334. The van der Waals surface area contributed by atoms with Gasteiger partial charge in [0, 0.05) is 16.6 Å². The summed E-state index contributed by atoms with van der Waals surface area (Å²) < 4.78 is 0.933. The molecule has 1 aliphatic heterocycles. The molecule has 0 amide bonds. The Morgan fingerprint density at radius 3 is 2.60 bits per heavy atom.